The fraction of sp³-hybridized carbons (Fsp3) is 0.538. The molecule has 8 heteroatoms. The van der Waals surface area contributed by atoms with Gasteiger partial charge in [-0.05, 0) is 19.8 Å². The van der Waals surface area contributed by atoms with Gasteiger partial charge in [0.25, 0.3) is 11.1 Å². The maximum atomic E-state index is 12.2. The fourth-order valence-corrected chi connectivity index (χ4v) is 2.57. The molecule has 0 radical (unpaired) electrons. The van der Waals surface area contributed by atoms with Crippen LogP contribution in [-0.4, -0.2) is 44.3 Å². The van der Waals surface area contributed by atoms with Crippen molar-refractivity contribution in [3.05, 3.63) is 32.8 Å². The second kappa shape index (κ2) is 5.94. The highest BCUT2D eigenvalue weighted by atomic mass is 16.4. The van der Waals surface area contributed by atoms with E-state index in [1.54, 1.807) is 11.8 Å². The molecule has 1 aromatic heterocycles. The third kappa shape index (κ3) is 3.39. The van der Waals surface area contributed by atoms with Crippen LogP contribution in [0.2, 0.25) is 0 Å². The number of carboxylic acids is 1. The first-order valence-electron chi connectivity index (χ1n) is 6.71. The normalized spacial score (nSPS) is 22.0. The molecule has 2 rings (SSSR count). The SMILES string of the molecule is CC1CC(C(=O)O)CCN1C(=O)Cn1[nH]c(=O)ccc1=O. The number of hydrogen-bond donors (Lipinski definition) is 2. The second-order valence-corrected chi connectivity index (χ2v) is 5.23. The molecule has 1 aliphatic heterocycles. The zero-order valence-electron chi connectivity index (χ0n) is 11.6. The van der Waals surface area contributed by atoms with Gasteiger partial charge in [0.2, 0.25) is 5.91 Å². The number of hydrogen-bond acceptors (Lipinski definition) is 4. The van der Waals surface area contributed by atoms with Gasteiger partial charge in [0.05, 0.1) is 5.92 Å². The van der Waals surface area contributed by atoms with Crippen LogP contribution in [0.15, 0.2) is 21.7 Å². The van der Waals surface area contributed by atoms with E-state index < -0.39 is 23.0 Å². The van der Waals surface area contributed by atoms with Crippen molar-refractivity contribution in [3.8, 4) is 0 Å². The third-order valence-electron chi connectivity index (χ3n) is 3.73. The lowest BCUT2D eigenvalue weighted by molar-refractivity contribution is -0.147. The Bertz CT molecular complexity index is 662. The number of piperidine rings is 1. The van der Waals surface area contributed by atoms with E-state index in [4.69, 9.17) is 5.11 Å². The Balaban J connectivity index is 2.07. The first kappa shape index (κ1) is 15.0. The number of aromatic nitrogens is 2. The third-order valence-corrected chi connectivity index (χ3v) is 3.73. The van der Waals surface area contributed by atoms with E-state index in [1.165, 1.54) is 0 Å². The fourth-order valence-electron chi connectivity index (χ4n) is 2.57. The van der Waals surface area contributed by atoms with Crippen molar-refractivity contribution in [1.29, 1.82) is 0 Å². The Labute approximate surface area is 120 Å². The predicted octanol–water partition coefficient (Wildman–Crippen LogP) is -0.752. The molecular weight excluding hydrogens is 278 g/mol. The summed E-state index contributed by atoms with van der Waals surface area (Å²) in [6, 6.07) is 2.00. The van der Waals surface area contributed by atoms with Crippen LogP contribution >= 0.6 is 0 Å². The summed E-state index contributed by atoms with van der Waals surface area (Å²) in [5, 5.41) is 11.3. The van der Waals surface area contributed by atoms with E-state index in [1.807, 2.05) is 0 Å². The number of carboxylic acid groups (broad SMARTS) is 1. The summed E-state index contributed by atoms with van der Waals surface area (Å²) in [7, 11) is 0. The summed E-state index contributed by atoms with van der Waals surface area (Å²) in [4.78, 5) is 47.5. The van der Waals surface area contributed by atoms with Gasteiger partial charge >= 0.3 is 5.97 Å². The number of nitrogens with zero attached hydrogens (tertiary/aromatic N) is 2. The lowest BCUT2D eigenvalue weighted by Crippen LogP contribution is -2.48. The molecule has 2 N–H and O–H groups in total. The predicted molar refractivity (Wildman–Crippen MR) is 72.9 cm³/mol. The Morgan fingerprint density at radius 3 is 2.71 bits per heavy atom. The molecular formula is C13H17N3O5. The number of likely N-dealkylation sites (tertiary alicyclic amines) is 1. The van der Waals surface area contributed by atoms with Gasteiger partial charge in [0.15, 0.2) is 0 Å². The molecule has 1 fully saturated rings. The van der Waals surface area contributed by atoms with Crippen LogP contribution in [0.4, 0.5) is 0 Å². The van der Waals surface area contributed by atoms with Gasteiger partial charge in [-0.3, -0.25) is 24.3 Å². The largest absolute Gasteiger partial charge is 0.481 e. The molecule has 0 saturated carbocycles. The average molecular weight is 295 g/mol. The maximum Gasteiger partial charge on any atom is 0.306 e. The summed E-state index contributed by atoms with van der Waals surface area (Å²) in [6.45, 7) is 1.86. The lowest BCUT2D eigenvalue weighted by atomic mass is 9.92. The number of carbonyl (C=O) groups is 2. The maximum absolute atomic E-state index is 12.2. The molecule has 0 bridgehead atoms. The van der Waals surface area contributed by atoms with Crippen LogP contribution in [0.25, 0.3) is 0 Å². The van der Waals surface area contributed by atoms with Gasteiger partial charge in [0, 0.05) is 24.7 Å². The molecule has 2 atom stereocenters. The van der Waals surface area contributed by atoms with E-state index in [0.29, 0.717) is 19.4 Å². The Kier molecular flexibility index (Phi) is 4.25. The minimum absolute atomic E-state index is 0.210. The average Bonchev–Trinajstić information content (AvgIpc) is 2.42. The number of nitrogens with one attached hydrogen (secondary N) is 1. The van der Waals surface area contributed by atoms with Crippen molar-refractivity contribution in [1.82, 2.24) is 14.7 Å². The van der Waals surface area contributed by atoms with Crippen LogP contribution in [-0.2, 0) is 16.1 Å². The molecule has 0 spiro atoms. The van der Waals surface area contributed by atoms with E-state index in [9.17, 15) is 19.2 Å². The topological polar surface area (TPSA) is 112 Å². The van der Waals surface area contributed by atoms with Crippen LogP contribution in [0.5, 0.6) is 0 Å². The van der Waals surface area contributed by atoms with Crippen molar-refractivity contribution in [2.75, 3.05) is 6.54 Å². The molecule has 114 valence electrons. The van der Waals surface area contributed by atoms with Gasteiger partial charge in [0.1, 0.15) is 6.54 Å². The Hall–Kier alpha value is -2.38. The summed E-state index contributed by atoms with van der Waals surface area (Å²) >= 11 is 0. The summed E-state index contributed by atoms with van der Waals surface area (Å²) in [5.74, 6) is -1.60. The van der Waals surface area contributed by atoms with Crippen molar-refractivity contribution < 1.29 is 14.7 Å². The standard InChI is InChI=1S/C13H17N3O5/c1-8-6-9(13(20)21)4-5-15(8)12(19)7-16-11(18)3-2-10(17)14-16/h2-3,8-9H,4-7H2,1H3,(H,14,17)(H,20,21). The first-order chi connectivity index (χ1) is 9.88. The van der Waals surface area contributed by atoms with Crippen molar-refractivity contribution in [2.24, 2.45) is 5.92 Å². The van der Waals surface area contributed by atoms with Gasteiger partial charge in [-0.15, -0.1) is 0 Å². The number of aromatic amines is 1. The molecule has 1 aromatic rings. The zero-order chi connectivity index (χ0) is 15.6. The van der Waals surface area contributed by atoms with E-state index in [0.717, 1.165) is 16.8 Å². The molecule has 0 aliphatic carbocycles. The molecule has 1 amide bonds. The Morgan fingerprint density at radius 1 is 1.38 bits per heavy atom. The molecule has 2 unspecified atom stereocenters. The number of aliphatic carboxylic acids is 1. The molecule has 21 heavy (non-hydrogen) atoms. The molecule has 2 heterocycles. The summed E-state index contributed by atoms with van der Waals surface area (Å²) in [6.07, 6.45) is 0.785. The van der Waals surface area contributed by atoms with E-state index in [2.05, 4.69) is 5.10 Å². The van der Waals surface area contributed by atoms with Gasteiger partial charge in [-0.1, -0.05) is 0 Å². The monoisotopic (exact) mass is 295 g/mol. The number of H-pyrrole nitrogens is 1. The summed E-state index contributed by atoms with van der Waals surface area (Å²) in [5.41, 5.74) is -0.920. The molecule has 0 aromatic carbocycles. The van der Waals surface area contributed by atoms with Crippen LogP contribution in [0, 0.1) is 5.92 Å². The second-order valence-electron chi connectivity index (χ2n) is 5.23. The number of carbonyl (C=O) groups excluding carboxylic acids is 1. The van der Waals surface area contributed by atoms with Crippen LogP contribution in [0.1, 0.15) is 19.8 Å². The highest BCUT2D eigenvalue weighted by molar-refractivity contribution is 5.77. The lowest BCUT2D eigenvalue weighted by Gasteiger charge is -2.36. The Morgan fingerprint density at radius 2 is 2.10 bits per heavy atom. The van der Waals surface area contributed by atoms with E-state index in [-0.39, 0.29) is 18.5 Å². The minimum atomic E-state index is -0.849. The van der Waals surface area contributed by atoms with Crippen LogP contribution in [0.3, 0.4) is 0 Å². The van der Waals surface area contributed by atoms with Gasteiger partial charge < -0.3 is 10.0 Å². The molecule has 1 saturated heterocycles. The highest BCUT2D eigenvalue weighted by Gasteiger charge is 2.32. The number of rotatable bonds is 3. The highest BCUT2D eigenvalue weighted by Crippen LogP contribution is 2.23. The van der Waals surface area contributed by atoms with E-state index >= 15 is 0 Å². The minimum Gasteiger partial charge on any atom is -0.481 e. The summed E-state index contributed by atoms with van der Waals surface area (Å²) < 4.78 is 0.959. The van der Waals surface area contributed by atoms with Crippen molar-refractivity contribution in [3.63, 3.8) is 0 Å². The van der Waals surface area contributed by atoms with Crippen LogP contribution < -0.4 is 11.1 Å². The first-order valence-corrected chi connectivity index (χ1v) is 6.71. The van der Waals surface area contributed by atoms with Crippen molar-refractivity contribution in [2.45, 2.75) is 32.4 Å². The van der Waals surface area contributed by atoms with Crippen molar-refractivity contribution >= 4 is 11.9 Å². The molecule has 1 aliphatic rings. The molecule has 8 nitrogen and oxygen atoms in total. The smallest absolute Gasteiger partial charge is 0.306 e. The quantitative estimate of drug-likeness (QED) is 0.761. The number of amides is 1. The zero-order valence-corrected chi connectivity index (χ0v) is 11.6. The van der Waals surface area contributed by atoms with Gasteiger partial charge in [-0.25, -0.2) is 4.68 Å². The van der Waals surface area contributed by atoms with Gasteiger partial charge in [-0.2, -0.15) is 0 Å².